The molecular weight excluding hydrogens is 112 g/mol. The molecule has 0 heterocycles. The van der Waals surface area contributed by atoms with Crippen LogP contribution in [0.5, 0.6) is 0 Å². The lowest BCUT2D eigenvalue weighted by molar-refractivity contribution is -0.115. The van der Waals surface area contributed by atoms with Crippen LogP contribution in [0.2, 0.25) is 0 Å². The first kappa shape index (κ1) is 6.53. The number of hydrogen-bond donors (Lipinski definition) is 0. The van der Waals surface area contributed by atoms with Gasteiger partial charge in [0.05, 0.1) is 0 Å². The summed E-state index contributed by atoms with van der Waals surface area (Å²) < 4.78 is 0. The van der Waals surface area contributed by atoms with E-state index in [-0.39, 0.29) is 5.41 Å². The zero-order chi connectivity index (χ0) is 6.91. The molecule has 9 heavy (non-hydrogen) atoms. The highest BCUT2D eigenvalue weighted by Gasteiger charge is 2.29. The quantitative estimate of drug-likeness (QED) is 0.385. The SMILES string of the molecule is C=C1CCC(C)(C=O)C1. The van der Waals surface area contributed by atoms with Crippen molar-refractivity contribution in [3.05, 3.63) is 12.2 Å². The normalized spacial score (nSPS) is 35.0. The monoisotopic (exact) mass is 124 g/mol. The molecule has 1 rings (SSSR count). The van der Waals surface area contributed by atoms with E-state index in [2.05, 4.69) is 6.58 Å². The summed E-state index contributed by atoms with van der Waals surface area (Å²) in [6, 6.07) is 0. The van der Waals surface area contributed by atoms with Crippen LogP contribution in [0.3, 0.4) is 0 Å². The van der Waals surface area contributed by atoms with E-state index in [9.17, 15) is 4.79 Å². The highest BCUT2D eigenvalue weighted by atomic mass is 16.1. The summed E-state index contributed by atoms with van der Waals surface area (Å²) in [7, 11) is 0. The maximum Gasteiger partial charge on any atom is 0.126 e. The Kier molecular flexibility index (Phi) is 1.43. The van der Waals surface area contributed by atoms with Gasteiger partial charge in [0.15, 0.2) is 0 Å². The lowest BCUT2D eigenvalue weighted by Crippen LogP contribution is -2.11. The Morgan fingerprint density at radius 3 is 2.67 bits per heavy atom. The number of carbonyl (C=O) groups excluding carboxylic acids is 1. The Balaban J connectivity index is 2.65. The van der Waals surface area contributed by atoms with Crippen molar-refractivity contribution >= 4 is 6.29 Å². The van der Waals surface area contributed by atoms with Gasteiger partial charge < -0.3 is 4.79 Å². The fraction of sp³-hybridized carbons (Fsp3) is 0.625. The molecule has 1 atom stereocenters. The Hall–Kier alpha value is -0.590. The van der Waals surface area contributed by atoms with Gasteiger partial charge in [0.25, 0.3) is 0 Å². The molecule has 0 bridgehead atoms. The average molecular weight is 124 g/mol. The number of aldehydes is 1. The van der Waals surface area contributed by atoms with Crippen LogP contribution >= 0.6 is 0 Å². The molecule has 0 aromatic heterocycles. The van der Waals surface area contributed by atoms with Gasteiger partial charge >= 0.3 is 0 Å². The Morgan fingerprint density at radius 2 is 2.44 bits per heavy atom. The second kappa shape index (κ2) is 1.98. The lowest BCUT2D eigenvalue weighted by Gasteiger charge is -2.11. The molecule has 0 saturated heterocycles. The van der Waals surface area contributed by atoms with Crippen LogP contribution in [0, 0.1) is 5.41 Å². The zero-order valence-corrected chi connectivity index (χ0v) is 5.81. The van der Waals surface area contributed by atoms with Crippen LogP contribution in [0.1, 0.15) is 26.2 Å². The van der Waals surface area contributed by atoms with Gasteiger partial charge in [0.1, 0.15) is 6.29 Å². The molecular formula is C8H12O. The van der Waals surface area contributed by atoms with Crippen molar-refractivity contribution in [2.24, 2.45) is 5.41 Å². The molecule has 0 amide bonds. The van der Waals surface area contributed by atoms with Crippen molar-refractivity contribution in [2.45, 2.75) is 26.2 Å². The maximum atomic E-state index is 10.4. The van der Waals surface area contributed by atoms with Gasteiger partial charge in [-0.2, -0.15) is 0 Å². The lowest BCUT2D eigenvalue weighted by atomic mass is 9.91. The molecule has 1 aliphatic carbocycles. The fourth-order valence-corrected chi connectivity index (χ4v) is 1.31. The van der Waals surface area contributed by atoms with Gasteiger partial charge in [-0.15, -0.1) is 0 Å². The highest BCUT2D eigenvalue weighted by Crippen LogP contribution is 2.38. The third-order valence-corrected chi connectivity index (χ3v) is 1.99. The molecule has 1 saturated carbocycles. The standard InChI is InChI=1S/C8H12O/c1-7-3-4-8(2,5-7)6-9/h6H,1,3-5H2,2H3. The van der Waals surface area contributed by atoms with E-state index in [0.29, 0.717) is 0 Å². The molecule has 1 fully saturated rings. The van der Waals surface area contributed by atoms with Gasteiger partial charge in [0, 0.05) is 5.41 Å². The third kappa shape index (κ3) is 1.21. The minimum atomic E-state index is -0.0723. The first-order valence-electron chi connectivity index (χ1n) is 3.29. The molecule has 1 nitrogen and oxygen atoms in total. The second-order valence-electron chi connectivity index (χ2n) is 3.20. The topological polar surface area (TPSA) is 17.1 Å². The Labute approximate surface area is 55.8 Å². The van der Waals surface area contributed by atoms with Crippen molar-refractivity contribution in [1.29, 1.82) is 0 Å². The summed E-state index contributed by atoms with van der Waals surface area (Å²) in [6.45, 7) is 5.84. The van der Waals surface area contributed by atoms with Crippen LogP contribution in [-0.4, -0.2) is 6.29 Å². The van der Waals surface area contributed by atoms with Crippen LogP contribution in [0.25, 0.3) is 0 Å². The van der Waals surface area contributed by atoms with E-state index in [0.717, 1.165) is 25.5 Å². The van der Waals surface area contributed by atoms with Gasteiger partial charge in [-0.05, 0) is 19.3 Å². The van der Waals surface area contributed by atoms with E-state index >= 15 is 0 Å². The third-order valence-electron chi connectivity index (χ3n) is 1.99. The molecule has 0 spiro atoms. The van der Waals surface area contributed by atoms with Crippen molar-refractivity contribution in [1.82, 2.24) is 0 Å². The molecule has 1 aliphatic rings. The minimum Gasteiger partial charge on any atom is -0.303 e. The maximum absolute atomic E-state index is 10.4. The average Bonchev–Trinajstić information content (AvgIpc) is 2.13. The van der Waals surface area contributed by atoms with E-state index in [1.165, 1.54) is 5.57 Å². The molecule has 0 N–H and O–H groups in total. The van der Waals surface area contributed by atoms with Gasteiger partial charge in [-0.3, -0.25) is 0 Å². The number of hydrogen-bond acceptors (Lipinski definition) is 1. The van der Waals surface area contributed by atoms with E-state index in [1.54, 1.807) is 0 Å². The van der Waals surface area contributed by atoms with Crippen LogP contribution < -0.4 is 0 Å². The molecule has 1 heteroatoms. The first-order valence-corrected chi connectivity index (χ1v) is 3.29. The Morgan fingerprint density at radius 1 is 1.78 bits per heavy atom. The zero-order valence-electron chi connectivity index (χ0n) is 5.81. The van der Waals surface area contributed by atoms with E-state index in [1.807, 2.05) is 6.92 Å². The summed E-state index contributed by atoms with van der Waals surface area (Å²) in [4.78, 5) is 10.4. The predicted molar refractivity (Wildman–Crippen MR) is 37.2 cm³/mol. The summed E-state index contributed by atoms with van der Waals surface area (Å²) >= 11 is 0. The number of rotatable bonds is 1. The highest BCUT2D eigenvalue weighted by molar-refractivity contribution is 5.60. The smallest absolute Gasteiger partial charge is 0.126 e. The molecule has 0 aromatic rings. The van der Waals surface area contributed by atoms with Crippen LogP contribution in [-0.2, 0) is 4.79 Å². The summed E-state index contributed by atoms with van der Waals surface area (Å²) in [6.07, 6.45) is 3.99. The predicted octanol–water partition coefficient (Wildman–Crippen LogP) is 1.93. The summed E-state index contributed by atoms with van der Waals surface area (Å²) in [5.74, 6) is 0. The molecule has 0 aliphatic heterocycles. The van der Waals surface area contributed by atoms with Crippen molar-refractivity contribution in [2.75, 3.05) is 0 Å². The number of allylic oxidation sites excluding steroid dienone is 1. The molecule has 0 aromatic carbocycles. The van der Waals surface area contributed by atoms with E-state index < -0.39 is 0 Å². The van der Waals surface area contributed by atoms with E-state index in [4.69, 9.17) is 0 Å². The summed E-state index contributed by atoms with van der Waals surface area (Å²) in [5.41, 5.74) is 1.15. The van der Waals surface area contributed by atoms with Gasteiger partial charge in [-0.25, -0.2) is 0 Å². The second-order valence-corrected chi connectivity index (χ2v) is 3.20. The Bertz CT molecular complexity index is 149. The first-order chi connectivity index (χ1) is 4.16. The molecule has 1 unspecified atom stereocenters. The van der Waals surface area contributed by atoms with Crippen LogP contribution in [0.4, 0.5) is 0 Å². The van der Waals surface area contributed by atoms with Crippen molar-refractivity contribution in [3.8, 4) is 0 Å². The van der Waals surface area contributed by atoms with Crippen molar-refractivity contribution in [3.63, 3.8) is 0 Å². The largest absolute Gasteiger partial charge is 0.303 e. The summed E-state index contributed by atoms with van der Waals surface area (Å²) in [5, 5.41) is 0. The minimum absolute atomic E-state index is 0.0723. The van der Waals surface area contributed by atoms with Crippen LogP contribution in [0.15, 0.2) is 12.2 Å². The fourth-order valence-electron chi connectivity index (χ4n) is 1.31. The molecule has 0 radical (unpaired) electrons. The van der Waals surface area contributed by atoms with Gasteiger partial charge in [-0.1, -0.05) is 19.1 Å². The molecule has 50 valence electrons. The number of carbonyl (C=O) groups is 1. The van der Waals surface area contributed by atoms with Gasteiger partial charge in [0.2, 0.25) is 0 Å². The van der Waals surface area contributed by atoms with Crippen molar-refractivity contribution < 1.29 is 4.79 Å².